The molecule has 0 aliphatic heterocycles. The van der Waals surface area contributed by atoms with Gasteiger partial charge in [-0.25, -0.2) is 4.68 Å². The van der Waals surface area contributed by atoms with Crippen LogP contribution in [0.25, 0.3) is 0 Å². The number of halogens is 4. The van der Waals surface area contributed by atoms with Crippen molar-refractivity contribution in [3.8, 4) is 0 Å². The number of alkyl halides is 3. The van der Waals surface area contributed by atoms with Gasteiger partial charge in [0.2, 0.25) is 5.95 Å². The van der Waals surface area contributed by atoms with Gasteiger partial charge in [-0.05, 0) is 6.42 Å². The van der Waals surface area contributed by atoms with Crippen molar-refractivity contribution < 1.29 is 17.6 Å². The van der Waals surface area contributed by atoms with Crippen molar-refractivity contribution in [3.63, 3.8) is 0 Å². The van der Waals surface area contributed by atoms with Gasteiger partial charge in [0.1, 0.15) is 0 Å². The second kappa shape index (κ2) is 3.01. The minimum atomic E-state index is -4.58. The van der Waals surface area contributed by atoms with Crippen LogP contribution in [-0.4, -0.2) is 9.78 Å². The number of rotatable bonds is 1. The van der Waals surface area contributed by atoms with Gasteiger partial charge in [-0.1, -0.05) is 6.92 Å². The van der Waals surface area contributed by atoms with E-state index in [9.17, 15) is 17.6 Å². The highest BCUT2D eigenvalue weighted by atomic mass is 19.4. The fraction of sp³-hybridized carbons (Fsp3) is 0.571. The summed E-state index contributed by atoms with van der Waals surface area (Å²) >= 11 is 0. The van der Waals surface area contributed by atoms with Gasteiger partial charge in [0, 0.05) is 12.6 Å². The van der Waals surface area contributed by atoms with Crippen LogP contribution in [0, 0.1) is 5.95 Å². The van der Waals surface area contributed by atoms with Gasteiger partial charge in [0.25, 0.3) is 0 Å². The first-order valence-electron chi connectivity index (χ1n) is 3.66. The van der Waals surface area contributed by atoms with E-state index in [4.69, 9.17) is 0 Å². The van der Waals surface area contributed by atoms with E-state index in [2.05, 4.69) is 5.10 Å². The van der Waals surface area contributed by atoms with Gasteiger partial charge in [-0.3, -0.25) is 0 Å². The minimum absolute atomic E-state index is 0.0193. The number of aromatic nitrogens is 2. The number of nitrogens with zero attached hydrogens (tertiary/aromatic N) is 2. The zero-order valence-electron chi connectivity index (χ0n) is 7.11. The van der Waals surface area contributed by atoms with Crippen LogP contribution in [-0.2, 0) is 19.6 Å². The Balaban J connectivity index is 3.30. The van der Waals surface area contributed by atoms with Crippen LogP contribution < -0.4 is 0 Å². The van der Waals surface area contributed by atoms with E-state index in [1.807, 2.05) is 0 Å². The Hall–Kier alpha value is -1.07. The van der Waals surface area contributed by atoms with Crippen LogP contribution in [0.4, 0.5) is 17.6 Å². The fourth-order valence-corrected chi connectivity index (χ4v) is 1.09. The summed E-state index contributed by atoms with van der Waals surface area (Å²) in [4.78, 5) is 0. The van der Waals surface area contributed by atoms with E-state index >= 15 is 0 Å². The van der Waals surface area contributed by atoms with Crippen molar-refractivity contribution in [1.29, 1.82) is 0 Å². The van der Waals surface area contributed by atoms with Crippen molar-refractivity contribution >= 4 is 0 Å². The topological polar surface area (TPSA) is 17.8 Å². The summed E-state index contributed by atoms with van der Waals surface area (Å²) in [6.45, 7) is 1.45. The van der Waals surface area contributed by atoms with Crippen LogP contribution >= 0.6 is 0 Å². The third kappa shape index (κ3) is 1.66. The first kappa shape index (κ1) is 10.0. The third-order valence-corrected chi connectivity index (χ3v) is 1.69. The van der Waals surface area contributed by atoms with Gasteiger partial charge in [0.15, 0.2) is 5.69 Å². The second-order valence-corrected chi connectivity index (χ2v) is 2.59. The average molecular weight is 196 g/mol. The maximum atomic E-state index is 13.0. The zero-order chi connectivity index (χ0) is 10.2. The largest absolute Gasteiger partial charge is 0.435 e. The predicted molar refractivity (Wildman–Crippen MR) is 37.5 cm³/mol. The van der Waals surface area contributed by atoms with E-state index in [1.165, 1.54) is 6.92 Å². The summed E-state index contributed by atoms with van der Waals surface area (Å²) < 4.78 is 50.1. The van der Waals surface area contributed by atoms with Gasteiger partial charge < -0.3 is 0 Å². The van der Waals surface area contributed by atoms with Crippen LogP contribution in [0.15, 0.2) is 0 Å². The Morgan fingerprint density at radius 1 is 1.38 bits per heavy atom. The number of hydrogen-bond donors (Lipinski definition) is 0. The molecule has 1 aromatic heterocycles. The molecule has 0 radical (unpaired) electrons. The van der Waals surface area contributed by atoms with Crippen molar-refractivity contribution in [2.75, 3.05) is 0 Å². The molecule has 74 valence electrons. The molecule has 0 bridgehead atoms. The summed E-state index contributed by atoms with van der Waals surface area (Å²) in [6, 6.07) is 0. The van der Waals surface area contributed by atoms with Crippen LogP contribution in [0.5, 0.6) is 0 Å². The zero-order valence-corrected chi connectivity index (χ0v) is 7.11. The lowest BCUT2D eigenvalue weighted by Gasteiger charge is -2.03. The first-order chi connectivity index (χ1) is 5.88. The summed E-state index contributed by atoms with van der Waals surface area (Å²) in [7, 11) is 1.14. The molecule has 0 aromatic carbocycles. The summed E-state index contributed by atoms with van der Waals surface area (Å²) in [5.74, 6) is -0.921. The molecule has 0 amide bonds. The molecule has 1 heterocycles. The quantitative estimate of drug-likeness (QED) is 0.629. The standard InChI is InChI=1S/C7H8F4N2/c1-3-4-5(7(9,10)11)12-13(2)6(4)8/h3H2,1-2H3. The molecule has 0 saturated carbocycles. The minimum Gasteiger partial charge on any atom is -0.242 e. The predicted octanol–water partition coefficient (Wildman–Crippen LogP) is 2.14. The van der Waals surface area contributed by atoms with E-state index in [1.54, 1.807) is 0 Å². The van der Waals surface area contributed by atoms with Gasteiger partial charge in [0.05, 0.1) is 0 Å². The molecule has 6 heteroatoms. The smallest absolute Gasteiger partial charge is 0.242 e. The van der Waals surface area contributed by atoms with Crippen LogP contribution in [0.3, 0.4) is 0 Å². The Labute approximate surface area is 72.2 Å². The molecule has 0 aliphatic rings. The highest BCUT2D eigenvalue weighted by molar-refractivity contribution is 5.21. The SMILES string of the molecule is CCc1c(C(F)(F)F)nn(C)c1F. The van der Waals surface area contributed by atoms with Crippen molar-refractivity contribution in [1.82, 2.24) is 9.78 Å². The molecule has 13 heavy (non-hydrogen) atoms. The monoisotopic (exact) mass is 196 g/mol. The first-order valence-corrected chi connectivity index (χ1v) is 3.66. The molecule has 0 aliphatic carbocycles. The molecule has 0 atom stereocenters. The molecule has 0 N–H and O–H groups in total. The normalized spacial score (nSPS) is 12.2. The number of aryl methyl sites for hydroxylation is 1. The van der Waals surface area contributed by atoms with Crippen molar-refractivity contribution in [2.24, 2.45) is 7.05 Å². The Kier molecular flexibility index (Phi) is 2.32. The lowest BCUT2D eigenvalue weighted by Crippen LogP contribution is -2.09. The molecule has 1 aromatic rings. The van der Waals surface area contributed by atoms with Crippen LogP contribution in [0.1, 0.15) is 18.2 Å². The Morgan fingerprint density at radius 2 is 1.92 bits per heavy atom. The molecule has 2 nitrogen and oxygen atoms in total. The molecule has 0 saturated heterocycles. The maximum absolute atomic E-state index is 13.0. The highest BCUT2D eigenvalue weighted by Gasteiger charge is 2.38. The molecule has 1 rings (SSSR count). The Morgan fingerprint density at radius 3 is 2.23 bits per heavy atom. The van der Waals surface area contributed by atoms with Gasteiger partial charge in [-0.2, -0.15) is 22.7 Å². The van der Waals surface area contributed by atoms with E-state index in [0.29, 0.717) is 4.68 Å². The summed E-state index contributed by atoms with van der Waals surface area (Å²) in [5.41, 5.74) is -1.51. The summed E-state index contributed by atoms with van der Waals surface area (Å²) in [5, 5.41) is 3.07. The lowest BCUT2D eigenvalue weighted by molar-refractivity contribution is -0.142. The Bertz CT molecular complexity index is 313. The van der Waals surface area contributed by atoms with Crippen LogP contribution in [0.2, 0.25) is 0 Å². The molecular weight excluding hydrogens is 188 g/mol. The van der Waals surface area contributed by atoms with Gasteiger partial charge in [-0.15, -0.1) is 0 Å². The molecule has 0 unspecified atom stereocenters. The highest BCUT2D eigenvalue weighted by Crippen LogP contribution is 2.31. The van der Waals surface area contributed by atoms with Crippen molar-refractivity contribution in [3.05, 3.63) is 17.2 Å². The van der Waals surface area contributed by atoms with Gasteiger partial charge >= 0.3 is 6.18 Å². The fourth-order valence-electron chi connectivity index (χ4n) is 1.09. The number of hydrogen-bond acceptors (Lipinski definition) is 1. The van der Waals surface area contributed by atoms with E-state index in [0.717, 1.165) is 7.05 Å². The van der Waals surface area contributed by atoms with E-state index in [-0.39, 0.29) is 12.0 Å². The molecular formula is C7H8F4N2. The van der Waals surface area contributed by atoms with E-state index < -0.39 is 17.8 Å². The maximum Gasteiger partial charge on any atom is 0.435 e. The second-order valence-electron chi connectivity index (χ2n) is 2.59. The summed E-state index contributed by atoms with van der Waals surface area (Å²) in [6.07, 6.45) is -4.60. The lowest BCUT2D eigenvalue weighted by atomic mass is 10.2. The van der Waals surface area contributed by atoms with Crippen molar-refractivity contribution in [2.45, 2.75) is 19.5 Å². The average Bonchev–Trinajstić information content (AvgIpc) is 2.28. The molecule has 0 fully saturated rings. The third-order valence-electron chi connectivity index (χ3n) is 1.69. The molecule has 0 spiro atoms.